The number of ether oxygens (including phenoxy) is 1. The molecule has 1 saturated carbocycles. The number of esters is 1. The van der Waals surface area contributed by atoms with Gasteiger partial charge in [0.15, 0.2) is 0 Å². The Kier molecular flexibility index (Phi) is 4.06. The molecule has 1 fully saturated rings. The van der Waals surface area contributed by atoms with Crippen molar-refractivity contribution in [3.63, 3.8) is 0 Å². The highest BCUT2D eigenvalue weighted by Crippen LogP contribution is 2.40. The number of nitrogens with one attached hydrogen (secondary N) is 1. The zero-order chi connectivity index (χ0) is 16.4. The fourth-order valence-corrected chi connectivity index (χ4v) is 2.48. The molecule has 23 heavy (non-hydrogen) atoms. The predicted molar refractivity (Wildman–Crippen MR) is 80.6 cm³/mol. The van der Waals surface area contributed by atoms with Crippen molar-refractivity contribution in [3.05, 3.63) is 65.2 Å². The molecule has 2 atom stereocenters. The van der Waals surface area contributed by atoms with E-state index >= 15 is 0 Å². The third-order valence-electron chi connectivity index (χ3n) is 3.76. The number of carbonyl (C=O) groups excluding carboxylic acids is 2. The Hall–Kier alpha value is -2.76. The molecule has 1 aromatic carbocycles. The Labute approximate surface area is 132 Å². The highest BCUT2D eigenvalue weighted by Gasteiger charge is 2.39. The normalized spacial score (nSPS) is 19.0. The molecule has 3 rings (SSSR count). The first-order chi connectivity index (χ1) is 11.1. The second-order valence-corrected chi connectivity index (χ2v) is 5.38. The van der Waals surface area contributed by atoms with Crippen molar-refractivity contribution in [3.8, 4) is 0 Å². The first-order valence-corrected chi connectivity index (χ1v) is 7.20. The van der Waals surface area contributed by atoms with Gasteiger partial charge in [-0.05, 0) is 36.2 Å². The fraction of sp³-hybridized carbons (Fsp3) is 0.235. The summed E-state index contributed by atoms with van der Waals surface area (Å²) in [4.78, 5) is 27.6. The monoisotopic (exact) mass is 314 g/mol. The minimum absolute atomic E-state index is 0.0483. The van der Waals surface area contributed by atoms with E-state index in [1.165, 1.54) is 31.4 Å². The summed E-state index contributed by atoms with van der Waals surface area (Å²) >= 11 is 0. The van der Waals surface area contributed by atoms with E-state index in [-0.39, 0.29) is 35.1 Å². The van der Waals surface area contributed by atoms with Crippen molar-refractivity contribution < 1.29 is 18.7 Å². The number of hydrogen-bond donors (Lipinski definition) is 1. The maximum atomic E-state index is 13.2. The average molecular weight is 314 g/mol. The van der Waals surface area contributed by atoms with Crippen LogP contribution in [0.1, 0.15) is 38.9 Å². The van der Waals surface area contributed by atoms with Crippen LogP contribution in [-0.4, -0.2) is 30.0 Å². The van der Waals surface area contributed by atoms with Crippen LogP contribution in [0.5, 0.6) is 0 Å². The predicted octanol–water partition coefficient (Wildman–Crippen LogP) is 2.29. The third-order valence-corrected chi connectivity index (χ3v) is 3.76. The molecular weight excluding hydrogens is 299 g/mol. The van der Waals surface area contributed by atoms with Crippen molar-refractivity contribution in [2.24, 2.45) is 0 Å². The Balaban J connectivity index is 1.66. The van der Waals surface area contributed by atoms with E-state index in [2.05, 4.69) is 15.0 Å². The van der Waals surface area contributed by atoms with Gasteiger partial charge in [-0.1, -0.05) is 18.2 Å². The highest BCUT2D eigenvalue weighted by atomic mass is 19.1. The minimum atomic E-state index is -0.594. The molecule has 1 amide bonds. The zero-order valence-electron chi connectivity index (χ0n) is 12.5. The van der Waals surface area contributed by atoms with Gasteiger partial charge >= 0.3 is 5.97 Å². The SMILES string of the molecule is COC(=O)c1cccc(C(=O)N[C@@H]2C[C@@H]2c2cccc(F)c2)n1. The summed E-state index contributed by atoms with van der Waals surface area (Å²) in [6.45, 7) is 0. The van der Waals surface area contributed by atoms with Crippen molar-refractivity contribution in [2.45, 2.75) is 18.4 Å². The number of amides is 1. The second-order valence-electron chi connectivity index (χ2n) is 5.38. The number of halogens is 1. The number of carbonyl (C=O) groups is 2. The van der Waals surface area contributed by atoms with Crippen molar-refractivity contribution >= 4 is 11.9 Å². The summed E-state index contributed by atoms with van der Waals surface area (Å²) in [5.41, 5.74) is 1.10. The van der Waals surface area contributed by atoms with Crippen LogP contribution in [0.3, 0.4) is 0 Å². The van der Waals surface area contributed by atoms with Crippen LogP contribution >= 0.6 is 0 Å². The standard InChI is InChI=1S/C17H15FN2O3/c1-23-17(22)14-7-3-6-13(19-14)16(21)20-15-9-12(15)10-4-2-5-11(18)8-10/h2-8,12,15H,9H2,1H3,(H,20,21)/t12-,15-/m1/s1. The van der Waals surface area contributed by atoms with Crippen molar-refractivity contribution in [1.82, 2.24) is 10.3 Å². The van der Waals surface area contributed by atoms with E-state index in [9.17, 15) is 14.0 Å². The van der Waals surface area contributed by atoms with Gasteiger partial charge in [0.1, 0.15) is 17.2 Å². The molecule has 0 radical (unpaired) electrons. The van der Waals surface area contributed by atoms with Gasteiger partial charge in [-0.25, -0.2) is 14.2 Å². The van der Waals surface area contributed by atoms with Gasteiger partial charge < -0.3 is 10.1 Å². The van der Waals surface area contributed by atoms with Crippen LogP contribution in [0.4, 0.5) is 4.39 Å². The maximum absolute atomic E-state index is 13.2. The second kappa shape index (κ2) is 6.16. The smallest absolute Gasteiger partial charge is 0.356 e. The Morgan fingerprint density at radius 1 is 1.22 bits per heavy atom. The number of methoxy groups -OCH3 is 1. The zero-order valence-corrected chi connectivity index (χ0v) is 12.5. The summed E-state index contributed by atoms with van der Waals surface area (Å²) < 4.78 is 17.8. The lowest BCUT2D eigenvalue weighted by atomic mass is 10.1. The molecule has 2 aromatic rings. The van der Waals surface area contributed by atoms with Gasteiger partial charge in [0.05, 0.1) is 7.11 Å². The van der Waals surface area contributed by atoms with E-state index in [1.807, 2.05) is 6.07 Å². The Morgan fingerprint density at radius 3 is 2.70 bits per heavy atom. The average Bonchev–Trinajstić information content (AvgIpc) is 3.33. The molecule has 6 heteroatoms. The first kappa shape index (κ1) is 15.1. The summed E-state index contributed by atoms with van der Waals surface area (Å²) in [5, 5.41) is 2.85. The molecule has 1 aliphatic carbocycles. The number of aromatic nitrogens is 1. The van der Waals surface area contributed by atoms with Crippen LogP contribution in [0, 0.1) is 5.82 Å². The van der Waals surface area contributed by atoms with Crippen LogP contribution in [0.15, 0.2) is 42.5 Å². The van der Waals surface area contributed by atoms with Gasteiger partial charge in [0, 0.05) is 12.0 Å². The molecule has 118 valence electrons. The number of pyridine rings is 1. The molecule has 0 saturated heterocycles. The van der Waals surface area contributed by atoms with E-state index < -0.39 is 5.97 Å². The molecule has 5 nitrogen and oxygen atoms in total. The van der Waals surface area contributed by atoms with Crippen LogP contribution in [0.2, 0.25) is 0 Å². The molecule has 1 aliphatic rings. The number of hydrogen-bond acceptors (Lipinski definition) is 4. The van der Waals surface area contributed by atoms with E-state index in [4.69, 9.17) is 0 Å². The lowest BCUT2D eigenvalue weighted by Crippen LogP contribution is -2.28. The Bertz CT molecular complexity index is 763. The number of nitrogens with zero attached hydrogens (tertiary/aromatic N) is 1. The molecule has 0 aliphatic heterocycles. The summed E-state index contributed by atoms with van der Waals surface area (Å²) in [7, 11) is 1.25. The maximum Gasteiger partial charge on any atom is 0.356 e. The highest BCUT2D eigenvalue weighted by molar-refractivity contribution is 5.94. The molecule has 1 heterocycles. The molecular formula is C17H15FN2O3. The van der Waals surface area contributed by atoms with Gasteiger partial charge in [-0.15, -0.1) is 0 Å². The van der Waals surface area contributed by atoms with Gasteiger partial charge in [0.25, 0.3) is 5.91 Å². The van der Waals surface area contributed by atoms with Crippen LogP contribution in [0.25, 0.3) is 0 Å². The topological polar surface area (TPSA) is 68.3 Å². The van der Waals surface area contributed by atoms with E-state index in [0.29, 0.717) is 0 Å². The molecule has 1 aromatic heterocycles. The first-order valence-electron chi connectivity index (χ1n) is 7.20. The summed E-state index contributed by atoms with van der Waals surface area (Å²) in [5.74, 6) is -1.13. The quantitative estimate of drug-likeness (QED) is 0.879. The van der Waals surface area contributed by atoms with Crippen molar-refractivity contribution in [2.75, 3.05) is 7.11 Å². The van der Waals surface area contributed by atoms with Gasteiger partial charge in [0.2, 0.25) is 0 Å². The lowest BCUT2D eigenvalue weighted by Gasteiger charge is -2.06. The van der Waals surface area contributed by atoms with E-state index in [1.54, 1.807) is 12.1 Å². The molecule has 0 bridgehead atoms. The number of rotatable bonds is 4. The van der Waals surface area contributed by atoms with Crippen LogP contribution < -0.4 is 5.32 Å². The summed E-state index contributed by atoms with van der Waals surface area (Å²) in [6, 6.07) is 10.9. The fourth-order valence-electron chi connectivity index (χ4n) is 2.48. The molecule has 0 unspecified atom stereocenters. The van der Waals surface area contributed by atoms with Gasteiger partial charge in [-0.3, -0.25) is 4.79 Å². The minimum Gasteiger partial charge on any atom is -0.464 e. The van der Waals surface area contributed by atoms with Crippen LogP contribution in [-0.2, 0) is 4.74 Å². The third kappa shape index (κ3) is 3.36. The Morgan fingerprint density at radius 2 is 1.96 bits per heavy atom. The summed E-state index contributed by atoms with van der Waals surface area (Å²) in [6.07, 6.45) is 0.756. The number of benzene rings is 1. The molecule has 1 N–H and O–H groups in total. The largest absolute Gasteiger partial charge is 0.464 e. The lowest BCUT2D eigenvalue weighted by molar-refractivity contribution is 0.0594. The van der Waals surface area contributed by atoms with E-state index in [0.717, 1.165) is 12.0 Å². The molecule has 0 spiro atoms. The van der Waals surface area contributed by atoms with Crippen molar-refractivity contribution in [1.29, 1.82) is 0 Å². The van der Waals surface area contributed by atoms with Gasteiger partial charge in [-0.2, -0.15) is 0 Å².